The summed E-state index contributed by atoms with van der Waals surface area (Å²) in [6.45, 7) is 11.1. The van der Waals surface area contributed by atoms with Crippen molar-refractivity contribution in [2.45, 2.75) is 71.8 Å². The van der Waals surface area contributed by atoms with E-state index in [-0.39, 0.29) is 7.33 Å². The van der Waals surface area contributed by atoms with Crippen molar-refractivity contribution >= 4 is 11.6 Å². The minimum absolute atomic E-state index is 0. The third-order valence-corrected chi connectivity index (χ3v) is 5.46. The van der Waals surface area contributed by atoms with Crippen molar-refractivity contribution in [1.29, 1.82) is 0 Å². The Bertz CT molecular complexity index is 582. The van der Waals surface area contributed by atoms with Gasteiger partial charge in [-0.1, -0.05) is 33.6 Å². The van der Waals surface area contributed by atoms with E-state index < -0.39 is 0 Å². The first-order valence-corrected chi connectivity index (χ1v) is 10.9. The van der Waals surface area contributed by atoms with Crippen LogP contribution in [0.25, 0.3) is 0 Å². The molecular formula is C22H40N4O. The van der Waals surface area contributed by atoms with E-state index in [1.165, 1.54) is 57.3 Å². The molecule has 2 fully saturated rings. The Hall–Kier alpha value is -1.62. The van der Waals surface area contributed by atoms with E-state index in [1.54, 1.807) is 7.05 Å². The minimum Gasteiger partial charge on any atom is -0.370 e. The molecule has 5 nitrogen and oxygen atoms in total. The Morgan fingerprint density at radius 3 is 2.30 bits per heavy atom. The molecule has 0 spiro atoms. The number of likely N-dealkylation sites (tertiary alicyclic amines) is 1. The van der Waals surface area contributed by atoms with Crippen LogP contribution < -0.4 is 10.2 Å². The van der Waals surface area contributed by atoms with E-state index in [2.05, 4.69) is 46.9 Å². The number of aryl methyl sites for hydroxylation is 1. The van der Waals surface area contributed by atoms with Gasteiger partial charge in [-0.05, 0) is 57.3 Å². The second kappa shape index (κ2) is 11.3. The molecule has 0 bridgehead atoms. The molecule has 2 saturated heterocycles. The van der Waals surface area contributed by atoms with Crippen LogP contribution in [0.5, 0.6) is 0 Å². The monoisotopic (exact) mass is 376 g/mol. The van der Waals surface area contributed by atoms with Gasteiger partial charge in [0.05, 0.1) is 11.4 Å². The van der Waals surface area contributed by atoms with Gasteiger partial charge in [0.2, 0.25) is 0 Å². The summed E-state index contributed by atoms with van der Waals surface area (Å²) in [5.74, 6) is -0.111. The number of piperidine rings is 2. The van der Waals surface area contributed by atoms with Crippen molar-refractivity contribution in [1.82, 2.24) is 15.2 Å². The lowest BCUT2D eigenvalue weighted by Crippen LogP contribution is -2.47. The lowest BCUT2D eigenvalue weighted by Gasteiger charge is -2.41. The van der Waals surface area contributed by atoms with E-state index in [0.717, 1.165) is 31.2 Å². The topological polar surface area (TPSA) is 48.5 Å². The molecule has 0 saturated carbocycles. The molecule has 1 amide bonds. The van der Waals surface area contributed by atoms with Crippen molar-refractivity contribution in [2.24, 2.45) is 0 Å². The molecule has 0 aromatic carbocycles. The average Bonchev–Trinajstić information content (AvgIpc) is 2.74. The smallest absolute Gasteiger partial charge is 0.269 e. The predicted molar refractivity (Wildman–Crippen MR) is 116 cm³/mol. The fourth-order valence-electron chi connectivity index (χ4n) is 4.05. The highest BCUT2D eigenvalue weighted by atomic mass is 16.1. The third kappa shape index (κ3) is 5.93. The maximum absolute atomic E-state index is 11.8. The first-order chi connectivity index (χ1) is 13.1. The summed E-state index contributed by atoms with van der Waals surface area (Å²) in [4.78, 5) is 21.5. The molecule has 3 heterocycles. The van der Waals surface area contributed by atoms with E-state index in [4.69, 9.17) is 0 Å². The number of carbonyl (C=O) groups is 1. The summed E-state index contributed by atoms with van der Waals surface area (Å²) in [6.07, 6.45) is 8.71. The highest BCUT2D eigenvalue weighted by molar-refractivity contribution is 5.92. The van der Waals surface area contributed by atoms with Gasteiger partial charge in [0.15, 0.2) is 0 Å². The van der Waals surface area contributed by atoms with Gasteiger partial charge in [-0.15, -0.1) is 0 Å². The number of amides is 1. The van der Waals surface area contributed by atoms with Crippen molar-refractivity contribution in [3.8, 4) is 0 Å². The van der Waals surface area contributed by atoms with Crippen LogP contribution in [-0.4, -0.2) is 55.1 Å². The van der Waals surface area contributed by atoms with Gasteiger partial charge in [0.1, 0.15) is 5.69 Å². The molecule has 2 aliphatic heterocycles. The average molecular weight is 377 g/mol. The van der Waals surface area contributed by atoms with Gasteiger partial charge in [-0.3, -0.25) is 4.79 Å². The van der Waals surface area contributed by atoms with Gasteiger partial charge < -0.3 is 15.1 Å². The molecule has 0 unspecified atom stereocenters. The zero-order chi connectivity index (χ0) is 19.6. The molecule has 2 aliphatic rings. The highest BCUT2D eigenvalue weighted by Crippen LogP contribution is 2.27. The van der Waals surface area contributed by atoms with Gasteiger partial charge >= 0.3 is 0 Å². The predicted octanol–water partition coefficient (Wildman–Crippen LogP) is 4.12. The minimum atomic E-state index is -0.111. The largest absolute Gasteiger partial charge is 0.370 e. The Morgan fingerprint density at radius 2 is 1.74 bits per heavy atom. The molecule has 1 N–H and O–H groups in total. The molecule has 0 radical (unpaired) electrons. The Labute approximate surface area is 167 Å². The van der Waals surface area contributed by atoms with Gasteiger partial charge in [-0.25, -0.2) is 4.98 Å². The van der Waals surface area contributed by atoms with E-state index in [0.29, 0.717) is 5.69 Å². The standard InChI is InChI=1S/C19H30N4O.C3H8.H2/c1-3-16-18(8-7-17(21-16)19(24)20-2)23-13-9-15(10-14-23)22-11-5-4-6-12-22;1-3-2;/h7-8,15H,3-6,9-14H2,1-2H3,(H,20,24);3H2,1-2H3;1H. The number of hydrogen-bond donors (Lipinski definition) is 1. The van der Waals surface area contributed by atoms with Crippen LogP contribution in [0.2, 0.25) is 0 Å². The number of anilines is 1. The lowest BCUT2D eigenvalue weighted by molar-refractivity contribution is 0.0958. The highest BCUT2D eigenvalue weighted by Gasteiger charge is 2.26. The lowest BCUT2D eigenvalue weighted by atomic mass is 9.99. The zero-order valence-corrected chi connectivity index (χ0v) is 17.8. The number of rotatable bonds is 4. The van der Waals surface area contributed by atoms with E-state index in [9.17, 15) is 4.79 Å². The molecule has 5 heteroatoms. The first kappa shape index (κ1) is 21.7. The first-order valence-electron chi connectivity index (χ1n) is 10.9. The van der Waals surface area contributed by atoms with Crippen molar-refractivity contribution < 1.29 is 6.22 Å². The Balaban J connectivity index is 0.000000921. The molecule has 1 aromatic heterocycles. The molecule has 1 aromatic rings. The van der Waals surface area contributed by atoms with E-state index >= 15 is 0 Å². The summed E-state index contributed by atoms with van der Waals surface area (Å²) >= 11 is 0. The number of pyridine rings is 1. The van der Waals surface area contributed by atoms with Crippen LogP contribution in [0.4, 0.5) is 5.69 Å². The normalized spacial score (nSPS) is 18.6. The summed E-state index contributed by atoms with van der Waals surface area (Å²) in [6, 6.07) is 4.69. The number of carbonyl (C=O) groups excluding carboxylic acids is 1. The summed E-state index contributed by atoms with van der Waals surface area (Å²) < 4.78 is 0. The van der Waals surface area contributed by atoms with Gasteiger partial charge in [0, 0.05) is 27.6 Å². The van der Waals surface area contributed by atoms with Crippen LogP contribution >= 0.6 is 0 Å². The molecule has 154 valence electrons. The second-order valence-electron chi connectivity index (χ2n) is 7.62. The summed E-state index contributed by atoms with van der Waals surface area (Å²) in [5.41, 5.74) is 2.76. The Kier molecular flexibility index (Phi) is 9.05. The SMILES string of the molecule is CCC.CCc1nc(C(=O)NC)ccc1N1CCC(N2CCCCC2)CC1.[HH]. The quantitative estimate of drug-likeness (QED) is 0.859. The molecule has 0 atom stereocenters. The van der Waals surface area contributed by atoms with Crippen LogP contribution in [0, 0.1) is 0 Å². The number of nitrogens with one attached hydrogen (secondary N) is 1. The van der Waals surface area contributed by atoms with Crippen LogP contribution in [0.1, 0.15) is 76.9 Å². The Morgan fingerprint density at radius 1 is 1.11 bits per heavy atom. The fraction of sp³-hybridized carbons (Fsp3) is 0.727. The number of nitrogens with zero attached hydrogens (tertiary/aromatic N) is 3. The maximum atomic E-state index is 11.8. The summed E-state index contributed by atoms with van der Waals surface area (Å²) in [7, 11) is 1.65. The third-order valence-electron chi connectivity index (χ3n) is 5.46. The van der Waals surface area contributed by atoms with Crippen molar-refractivity contribution in [3.05, 3.63) is 23.5 Å². The van der Waals surface area contributed by atoms with Gasteiger partial charge in [0.25, 0.3) is 5.91 Å². The van der Waals surface area contributed by atoms with Crippen molar-refractivity contribution in [3.63, 3.8) is 0 Å². The van der Waals surface area contributed by atoms with E-state index in [1.807, 2.05) is 6.07 Å². The molecule has 3 rings (SSSR count). The van der Waals surface area contributed by atoms with Crippen LogP contribution in [0.15, 0.2) is 12.1 Å². The van der Waals surface area contributed by atoms with Crippen molar-refractivity contribution in [2.75, 3.05) is 38.1 Å². The molecule has 0 aliphatic carbocycles. The summed E-state index contributed by atoms with van der Waals surface area (Å²) in [5, 5.41) is 2.65. The maximum Gasteiger partial charge on any atom is 0.269 e. The van der Waals surface area contributed by atoms with Crippen LogP contribution in [-0.2, 0) is 6.42 Å². The van der Waals surface area contributed by atoms with Gasteiger partial charge in [-0.2, -0.15) is 0 Å². The number of hydrogen-bond acceptors (Lipinski definition) is 4. The van der Waals surface area contributed by atoms with Crippen LogP contribution in [0.3, 0.4) is 0 Å². The fourth-order valence-corrected chi connectivity index (χ4v) is 4.05. The second-order valence-corrected chi connectivity index (χ2v) is 7.62. The number of aromatic nitrogens is 1. The molecular weight excluding hydrogens is 336 g/mol. The molecule has 27 heavy (non-hydrogen) atoms. The zero-order valence-electron chi connectivity index (χ0n) is 17.8.